The Hall–Kier alpha value is 0.370. The summed E-state index contributed by atoms with van der Waals surface area (Å²) in [5.74, 6) is 0.455. The van der Waals surface area contributed by atoms with Gasteiger partial charge in [0.1, 0.15) is 6.17 Å². The van der Waals surface area contributed by atoms with Gasteiger partial charge in [0.15, 0.2) is 0 Å². The number of hydrogen-bond acceptors (Lipinski definition) is 1. The zero-order valence-corrected chi connectivity index (χ0v) is 8.15. The van der Waals surface area contributed by atoms with E-state index in [0.717, 1.165) is 26.1 Å². The maximum atomic E-state index is 12.8. The van der Waals surface area contributed by atoms with E-state index in [-0.39, 0.29) is 0 Å². The minimum Gasteiger partial charge on any atom is -0.381 e. The highest BCUT2D eigenvalue weighted by molar-refractivity contribution is 9.09. The number of alkyl halides is 2. The molecule has 1 nitrogen and oxygen atoms in total. The molecule has 0 spiro atoms. The van der Waals surface area contributed by atoms with Crippen molar-refractivity contribution in [3.63, 3.8) is 0 Å². The van der Waals surface area contributed by atoms with Gasteiger partial charge >= 0.3 is 0 Å². The van der Waals surface area contributed by atoms with E-state index < -0.39 is 6.17 Å². The van der Waals surface area contributed by atoms with Crippen molar-refractivity contribution in [1.82, 2.24) is 0 Å². The summed E-state index contributed by atoms with van der Waals surface area (Å²) in [6.45, 7) is 1.62. The van der Waals surface area contributed by atoms with Crippen molar-refractivity contribution >= 4 is 15.9 Å². The fourth-order valence-electron chi connectivity index (χ4n) is 1.42. The van der Waals surface area contributed by atoms with Crippen LogP contribution < -0.4 is 0 Å². The minimum absolute atomic E-state index is 0.455. The molecular formula is C8H14BrFO. The second-order valence-electron chi connectivity index (χ2n) is 3.07. The molecule has 0 aromatic rings. The third-order valence-corrected chi connectivity index (χ3v) is 2.71. The first-order chi connectivity index (χ1) is 5.33. The van der Waals surface area contributed by atoms with E-state index >= 15 is 0 Å². The van der Waals surface area contributed by atoms with Crippen LogP contribution in [-0.2, 0) is 4.74 Å². The van der Waals surface area contributed by atoms with E-state index in [1.807, 2.05) is 0 Å². The van der Waals surface area contributed by atoms with Gasteiger partial charge in [-0.3, -0.25) is 0 Å². The van der Waals surface area contributed by atoms with E-state index in [1.54, 1.807) is 0 Å². The fraction of sp³-hybridized carbons (Fsp3) is 1.00. The van der Waals surface area contributed by atoms with Crippen molar-refractivity contribution in [2.75, 3.05) is 18.5 Å². The lowest BCUT2D eigenvalue weighted by Gasteiger charge is -2.22. The molecule has 0 radical (unpaired) electrons. The highest BCUT2D eigenvalue weighted by Crippen LogP contribution is 2.20. The number of rotatable bonds is 3. The third-order valence-electron chi connectivity index (χ3n) is 2.01. The van der Waals surface area contributed by atoms with Gasteiger partial charge in [0.2, 0.25) is 0 Å². The molecule has 0 aromatic carbocycles. The smallest absolute Gasteiger partial charge is 0.110 e. The Balaban J connectivity index is 2.13. The summed E-state index contributed by atoms with van der Waals surface area (Å²) >= 11 is 3.13. The van der Waals surface area contributed by atoms with E-state index in [4.69, 9.17) is 4.74 Å². The maximum Gasteiger partial charge on any atom is 0.110 e. The normalized spacial score (nSPS) is 28.4. The van der Waals surface area contributed by atoms with Crippen molar-refractivity contribution in [1.29, 1.82) is 0 Å². The number of ether oxygens (including phenoxy) is 1. The van der Waals surface area contributed by atoms with Gasteiger partial charge in [0.25, 0.3) is 0 Å². The molecule has 1 rings (SSSR count). The molecule has 0 bridgehead atoms. The van der Waals surface area contributed by atoms with Crippen molar-refractivity contribution in [2.45, 2.75) is 25.4 Å². The van der Waals surface area contributed by atoms with E-state index in [9.17, 15) is 4.39 Å². The average molecular weight is 225 g/mol. The fourth-order valence-corrected chi connectivity index (χ4v) is 1.68. The first-order valence-electron chi connectivity index (χ1n) is 4.10. The molecular weight excluding hydrogens is 211 g/mol. The van der Waals surface area contributed by atoms with Crippen LogP contribution in [0.3, 0.4) is 0 Å². The second-order valence-corrected chi connectivity index (χ2v) is 3.72. The Labute approximate surface area is 75.4 Å². The topological polar surface area (TPSA) is 9.23 Å². The van der Waals surface area contributed by atoms with Gasteiger partial charge in [-0.1, -0.05) is 15.9 Å². The third kappa shape index (κ3) is 3.52. The van der Waals surface area contributed by atoms with Crippen LogP contribution >= 0.6 is 15.9 Å². The van der Waals surface area contributed by atoms with Crippen LogP contribution in [0.2, 0.25) is 0 Å². The maximum absolute atomic E-state index is 12.8. The van der Waals surface area contributed by atoms with Gasteiger partial charge in [-0.25, -0.2) is 4.39 Å². The highest BCUT2D eigenvalue weighted by atomic mass is 79.9. The molecule has 66 valence electrons. The molecule has 0 amide bonds. The Bertz CT molecular complexity index is 104. The molecule has 1 aliphatic rings. The molecule has 1 saturated heterocycles. The van der Waals surface area contributed by atoms with Crippen LogP contribution in [-0.4, -0.2) is 24.7 Å². The molecule has 0 aromatic heterocycles. The highest BCUT2D eigenvalue weighted by Gasteiger charge is 2.17. The molecule has 1 heterocycles. The van der Waals surface area contributed by atoms with Crippen LogP contribution in [0.5, 0.6) is 0 Å². The molecule has 0 saturated carbocycles. The van der Waals surface area contributed by atoms with Crippen LogP contribution in [0.4, 0.5) is 4.39 Å². The van der Waals surface area contributed by atoms with Crippen LogP contribution in [0, 0.1) is 5.92 Å². The van der Waals surface area contributed by atoms with Crippen LogP contribution in [0.25, 0.3) is 0 Å². The summed E-state index contributed by atoms with van der Waals surface area (Å²) in [6, 6.07) is 0. The van der Waals surface area contributed by atoms with E-state index in [0.29, 0.717) is 17.7 Å². The van der Waals surface area contributed by atoms with Crippen molar-refractivity contribution < 1.29 is 9.13 Å². The van der Waals surface area contributed by atoms with Gasteiger partial charge in [0, 0.05) is 18.5 Å². The van der Waals surface area contributed by atoms with Crippen LogP contribution in [0.1, 0.15) is 19.3 Å². The van der Waals surface area contributed by atoms with Crippen LogP contribution in [0.15, 0.2) is 0 Å². The molecule has 0 aliphatic carbocycles. The molecule has 1 fully saturated rings. The first-order valence-corrected chi connectivity index (χ1v) is 5.23. The van der Waals surface area contributed by atoms with E-state index in [1.165, 1.54) is 0 Å². The summed E-state index contributed by atoms with van der Waals surface area (Å²) in [4.78, 5) is 0. The molecule has 0 unspecified atom stereocenters. The monoisotopic (exact) mass is 224 g/mol. The molecule has 11 heavy (non-hydrogen) atoms. The Morgan fingerprint density at radius 3 is 3.00 bits per heavy atom. The summed E-state index contributed by atoms with van der Waals surface area (Å²) in [5.41, 5.74) is 0. The zero-order chi connectivity index (χ0) is 8.10. The van der Waals surface area contributed by atoms with Crippen molar-refractivity contribution in [3.8, 4) is 0 Å². The largest absolute Gasteiger partial charge is 0.381 e. The lowest BCUT2D eigenvalue weighted by molar-refractivity contribution is 0.0435. The number of hydrogen-bond donors (Lipinski definition) is 0. The second kappa shape index (κ2) is 5.09. The van der Waals surface area contributed by atoms with Gasteiger partial charge in [0.05, 0.1) is 0 Å². The lowest BCUT2D eigenvalue weighted by atomic mass is 9.97. The molecule has 1 aliphatic heterocycles. The minimum atomic E-state index is -0.693. The number of halogens is 2. The Morgan fingerprint density at radius 1 is 1.64 bits per heavy atom. The average Bonchev–Trinajstić information content (AvgIpc) is 2.06. The molecule has 0 N–H and O–H groups in total. The lowest BCUT2D eigenvalue weighted by Crippen LogP contribution is -2.21. The van der Waals surface area contributed by atoms with Gasteiger partial charge in [-0.15, -0.1) is 0 Å². The van der Waals surface area contributed by atoms with Crippen molar-refractivity contribution in [3.05, 3.63) is 0 Å². The Morgan fingerprint density at radius 2 is 2.45 bits per heavy atom. The van der Waals surface area contributed by atoms with Gasteiger partial charge in [-0.05, 0) is 25.2 Å². The SMILES string of the molecule is F[C@@H](CBr)C[C@H]1CCCOC1. The molecule has 3 heteroatoms. The molecule has 2 atom stereocenters. The van der Waals surface area contributed by atoms with E-state index in [2.05, 4.69) is 15.9 Å². The quantitative estimate of drug-likeness (QED) is 0.670. The summed E-state index contributed by atoms with van der Waals surface area (Å²) in [5, 5.41) is 0.462. The summed E-state index contributed by atoms with van der Waals surface area (Å²) < 4.78 is 18.1. The van der Waals surface area contributed by atoms with Gasteiger partial charge < -0.3 is 4.74 Å². The van der Waals surface area contributed by atoms with Crippen molar-refractivity contribution in [2.24, 2.45) is 5.92 Å². The zero-order valence-electron chi connectivity index (χ0n) is 6.56. The standard InChI is InChI=1S/C8H14BrFO/c9-5-8(10)4-7-2-1-3-11-6-7/h7-8H,1-6H2/t7-,8-/m1/s1. The summed E-state index contributed by atoms with van der Waals surface area (Å²) in [7, 11) is 0. The summed E-state index contributed by atoms with van der Waals surface area (Å²) in [6.07, 6.45) is 2.19. The predicted octanol–water partition coefficient (Wildman–Crippen LogP) is 2.54. The predicted molar refractivity (Wildman–Crippen MR) is 46.9 cm³/mol. The van der Waals surface area contributed by atoms with Gasteiger partial charge in [-0.2, -0.15) is 0 Å². The first kappa shape index (κ1) is 9.46. The Kier molecular flexibility index (Phi) is 4.38.